The Bertz CT molecular complexity index is 699. The first-order valence-corrected chi connectivity index (χ1v) is 13.8. The average molecular weight is 423 g/mol. The molecule has 0 bridgehead atoms. The lowest BCUT2D eigenvalue weighted by Gasteiger charge is -2.63. The van der Waals surface area contributed by atoms with Gasteiger partial charge in [0.2, 0.25) is 0 Å². The second-order valence-electron chi connectivity index (χ2n) is 12.6. The number of fused-ring (bicyclic) bond motifs is 5. The van der Waals surface area contributed by atoms with Crippen molar-refractivity contribution in [3.63, 3.8) is 0 Å². The van der Waals surface area contributed by atoms with Crippen LogP contribution in [0.2, 0.25) is 0 Å². The monoisotopic (exact) mass is 422 g/mol. The van der Waals surface area contributed by atoms with Crippen LogP contribution >= 0.6 is 0 Å². The predicted molar refractivity (Wildman–Crippen MR) is 136 cm³/mol. The van der Waals surface area contributed by atoms with E-state index < -0.39 is 0 Å². The van der Waals surface area contributed by atoms with E-state index in [-0.39, 0.29) is 5.41 Å². The highest BCUT2D eigenvalue weighted by Gasteiger charge is 2.61. The molecule has 0 N–H and O–H groups in total. The minimum Gasteiger partial charge on any atom is -0.103 e. The van der Waals surface area contributed by atoms with Crippen LogP contribution in [0, 0.1) is 39.9 Å². The molecule has 0 radical (unpaired) electrons. The van der Waals surface area contributed by atoms with Gasteiger partial charge in [-0.3, -0.25) is 0 Å². The molecule has 0 saturated heterocycles. The standard InChI is InChI=1S/C31H50/c1-7-9-10-11-12-18-29(6)20-21-30(8-2)25(22-29)14-15-26-27(30)17-19-31(23(3)4)24(5)13-16-28(26)31/h8,25-28H,2-3,5,7,9-22H2,1,4,6H3. The van der Waals surface area contributed by atoms with Crippen molar-refractivity contribution in [2.75, 3.05) is 0 Å². The van der Waals surface area contributed by atoms with Crippen molar-refractivity contribution in [3.05, 3.63) is 37.0 Å². The van der Waals surface area contributed by atoms with Crippen molar-refractivity contribution in [2.24, 2.45) is 39.9 Å². The van der Waals surface area contributed by atoms with Crippen LogP contribution in [0.25, 0.3) is 0 Å². The lowest BCUT2D eigenvalue weighted by Crippen LogP contribution is -2.54. The van der Waals surface area contributed by atoms with Crippen LogP contribution in [-0.2, 0) is 0 Å². The van der Waals surface area contributed by atoms with Gasteiger partial charge in [0, 0.05) is 5.41 Å². The maximum absolute atomic E-state index is 4.57. The topological polar surface area (TPSA) is 0 Å². The Labute approximate surface area is 194 Å². The minimum absolute atomic E-state index is 0.262. The largest absolute Gasteiger partial charge is 0.103 e. The fourth-order valence-corrected chi connectivity index (χ4v) is 9.45. The van der Waals surface area contributed by atoms with E-state index in [0.717, 1.165) is 23.7 Å². The Hall–Kier alpha value is -0.780. The number of rotatable bonds is 8. The van der Waals surface area contributed by atoms with Crippen LogP contribution < -0.4 is 0 Å². The Balaban J connectivity index is 1.49. The molecule has 7 unspecified atom stereocenters. The highest BCUT2D eigenvalue weighted by atomic mass is 14.7. The molecule has 4 rings (SSSR count). The normalized spacial score (nSPS) is 44.3. The van der Waals surface area contributed by atoms with E-state index in [0.29, 0.717) is 10.8 Å². The molecule has 0 aromatic carbocycles. The number of allylic oxidation sites excluding steroid dienone is 3. The molecular weight excluding hydrogens is 372 g/mol. The van der Waals surface area contributed by atoms with E-state index in [2.05, 4.69) is 46.6 Å². The van der Waals surface area contributed by atoms with Gasteiger partial charge in [0.15, 0.2) is 0 Å². The summed E-state index contributed by atoms with van der Waals surface area (Å²) >= 11 is 0. The first kappa shape index (κ1) is 23.4. The van der Waals surface area contributed by atoms with Crippen LogP contribution in [0.1, 0.15) is 117 Å². The van der Waals surface area contributed by atoms with Crippen molar-refractivity contribution in [1.29, 1.82) is 0 Å². The zero-order chi connectivity index (χ0) is 22.3. The van der Waals surface area contributed by atoms with Crippen molar-refractivity contribution >= 4 is 0 Å². The molecule has 0 aromatic rings. The predicted octanol–water partition coefficient (Wildman–Crippen LogP) is 9.67. The van der Waals surface area contributed by atoms with Crippen LogP contribution in [0.5, 0.6) is 0 Å². The third kappa shape index (κ3) is 3.73. The maximum atomic E-state index is 4.57. The van der Waals surface area contributed by atoms with Gasteiger partial charge in [0.1, 0.15) is 0 Å². The summed E-state index contributed by atoms with van der Waals surface area (Å²) in [5, 5.41) is 0. The van der Waals surface area contributed by atoms with Crippen molar-refractivity contribution < 1.29 is 0 Å². The summed E-state index contributed by atoms with van der Waals surface area (Å²) in [4.78, 5) is 0. The van der Waals surface area contributed by atoms with Crippen LogP contribution in [0.15, 0.2) is 37.0 Å². The molecule has 7 atom stereocenters. The second kappa shape index (κ2) is 8.87. The molecule has 0 amide bonds. The summed E-state index contributed by atoms with van der Waals surface area (Å²) < 4.78 is 0. The Morgan fingerprint density at radius 3 is 2.48 bits per heavy atom. The molecule has 4 aliphatic carbocycles. The zero-order valence-electron chi connectivity index (χ0n) is 21.1. The molecule has 0 heterocycles. The van der Waals surface area contributed by atoms with E-state index >= 15 is 0 Å². The smallest absolute Gasteiger partial charge is 0.0143 e. The first-order valence-electron chi connectivity index (χ1n) is 13.8. The van der Waals surface area contributed by atoms with Crippen LogP contribution in [0.4, 0.5) is 0 Å². The summed E-state index contributed by atoms with van der Waals surface area (Å²) in [6, 6.07) is 0. The van der Waals surface area contributed by atoms with Gasteiger partial charge in [0.25, 0.3) is 0 Å². The van der Waals surface area contributed by atoms with E-state index in [1.165, 1.54) is 107 Å². The molecule has 4 saturated carbocycles. The summed E-state index contributed by atoms with van der Waals surface area (Å²) in [7, 11) is 0. The zero-order valence-corrected chi connectivity index (χ0v) is 21.1. The number of hydrogen-bond donors (Lipinski definition) is 0. The molecular formula is C31H50. The summed E-state index contributed by atoms with van der Waals surface area (Å²) in [5.41, 5.74) is 4.17. The summed E-state index contributed by atoms with van der Waals surface area (Å²) in [6.07, 6.45) is 23.5. The van der Waals surface area contributed by atoms with Crippen molar-refractivity contribution in [1.82, 2.24) is 0 Å². The molecule has 0 aliphatic heterocycles. The fourth-order valence-electron chi connectivity index (χ4n) is 9.45. The van der Waals surface area contributed by atoms with Gasteiger partial charge in [-0.15, -0.1) is 6.58 Å². The molecule has 0 heteroatoms. The summed E-state index contributed by atoms with van der Waals surface area (Å²) in [6.45, 7) is 20.8. The minimum atomic E-state index is 0.262. The van der Waals surface area contributed by atoms with Crippen LogP contribution in [0.3, 0.4) is 0 Å². The molecule has 174 valence electrons. The Kier molecular flexibility index (Phi) is 6.69. The van der Waals surface area contributed by atoms with Gasteiger partial charge in [-0.1, -0.05) is 76.3 Å². The number of unbranched alkanes of at least 4 members (excludes halogenated alkanes) is 4. The van der Waals surface area contributed by atoms with E-state index in [4.69, 9.17) is 0 Å². The van der Waals surface area contributed by atoms with Gasteiger partial charge in [0.05, 0.1) is 0 Å². The average Bonchev–Trinajstić information content (AvgIpc) is 3.11. The van der Waals surface area contributed by atoms with Gasteiger partial charge < -0.3 is 0 Å². The highest BCUT2D eigenvalue weighted by molar-refractivity contribution is 5.33. The van der Waals surface area contributed by atoms with E-state index in [9.17, 15) is 0 Å². The SMILES string of the molecule is C=CC12CCC(C)(CCCCCCC)CC1CCC1C3CCC(=C)C3(C(=C)C)CCC12. The Morgan fingerprint density at radius 1 is 1.00 bits per heavy atom. The maximum Gasteiger partial charge on any atom is 0.0143 e. The third-order valence-electron chi connectivity index (χ3n) is 11.1. The molecule has 0 nitrogen and oxygen atoms in total. The lowest BCUT2D eigenvalue weighted by molar-refractivity contribution is -0.101. The van der Waals surface area contributed by atoms with Crippen molar-refractivity contribution in [3.8, 4) is 0 Å². The van der Waals surface area contributed by atoms with E-state index in [1.807, 2.05) is 0 Å². The third-order valence-corrected chi connectivity index (χ3v) is 11.1. The van der Waals surface area contributed by atoms with Gasteiger partial charge >= 0.3 is 0 Å². The van der Waals surface area contributed by atoms with Gasteiger partial charge in [-0.05, 0) is 106 Å². The first-order chi connectivity index (χ1) is 14.8. The Morgan fingerprint density at radius 2 is 1.77 bits per heavy atom. The summed E-state index contributed by atoms with van der Waals surface area (Å²) in [5.74, 6) is 3.42. The molecule has 4 aliphatic rings. The highest BCUT2D eigenvalue weighted by Crippen LogP contribution is 2.70. The molecule has 0 aromatic heterocycles. The number of hydrogen-bond acceptors (Lipinski definition) is 0. The molecule has 31 heavy (non-hydrogen) atoms. The van der Waals surface area contributed by atoms with Gasteiger partial charge in [-0.25, -0.2) is 0 Å². The molecule has 0 spiro atoms. The van der Waals surface area contributed by atoms with Crippen molar-refractivity contribution in [2.45, 2.75) is 117 Å². The van der Waals surface area contributed by atoms with E-state index in [1.54, 1.807) is 0 Å². The fraction of sp³-hybridized carbons (Fsp3) is 0.806. The lowest BCUT2D eigenvalue weighted by atomic mass is 9.42. The van der Waals surface area contributed by atoms with Gasteiger partial charge in [-0.2, -0.15) is 0 Å². The van der Waals surface area contributed by atoms with Crippen LogP contribution in [-0.4, -0.2) is 0 Å². The quantitative estimate of drug-likeness (QED) is 0.270. The molecule has 4 fully saturated rings. The second-order valence-corrected chi connectivity index (χ2v) is 12.6.